The number of rotatable bonds is 6. The summed E-state index contributed by atoms with van der Waals surface area (Å²) >= 11 is 6.14. The zero-order chi connectivity index (χ0) is 17.0. The first-order chi connectivity index (χ1) is 10.9. The van der Waals surface area contributed by atoms with E-state index in [-0.39, 0.29) is 6.42 Å². The second-order valence-electron chi connectivity index (χ2n) is 5.45. The van der Waals surface area contributed by atoms with Crippen LogP contribution in [0.2, 0.25) is 5.02 Å². The van der Waals surface area contributed by atoms with Gasteiger partial charge in [-0.1, -0.05) is 36.7 Å². The molecule has 0 radical (unpaired) electrons. The van der Waals surface area contributed by atoms with Crippen molar-refractivity contribution in [1.29, 1.82) is 0 Å². The summed E-state index contributed by atoms with van der Waals surface area (Å²) in [5, 5.41) is 9.97. The minimum absolute atomic E-state index is 0.121. The maximum Gasteiger partial charge on any atom is 0.304 e. The smallest absolute Gasteiger partial charge is 0.304 e. The topological polar surface area (TPSA) is 55.8 Å². The SMILES string of the molecule is COc1ccccc1C(C)(CC(=O)O)c1cc(Cl)ccc1OC. The third-order valence-electron chi connectivity index (χ3n) is 3.96. The second kappa shape index (κ2) is 6.92. The van der Waals surface area contributed by atoms with Crippen LogP contribution in [0.5, 0.6) is 11.5 Å². The molecule has 5 heteroatoms. The number of hydrogen-bond donors (Lipinski definition) is 1. The Morgan fingerprint density at radius 2 is 1.70 bits per heavy atom. The molecular weight excluding hydrogens is 316 g/mol. The van der Waals surface area contributed by atoms with E-state index in [1.54, 1.807) is 32.4 Å². The molecule has 0 saturated carbocycles. The highest BCUT2D eigenvalue weighted by atomic mass is 35.5. The number of benzene rings is 2. The lowest BCUT2D eigenvalue weighted by molar-refractivity contribution is -0.138. The predicted molar refractivity (Wildman–Crippen MR) is 89.7 cm³/mol. The number of aliphatic carboxylic acids is 1. The summed E-state index contributed by atoms with van der Waals surface area (Å²) in [5.41, 5.74) is 0.624. The maximum atomic E-state index is 11.5. The number of hydrogen-bond acceptors (Lipinski definition) is 3. The molecule has 1 N–H and O–H groups in total. The van der Waals surface area contributed by atoms with Crippen molar-refractivity contribution in [3.63, 3.8) is 0 Å². The number of para-hydroxylation sites is 1. The van der Waals surface area contributed by atoms with E-state index in [1.807, 2.05) is 31.2 Å². The lowest BCUT2D eigenvalue weighted by atomic mass is 9.73. The normalized spacial score (nSPS) is 13.2. The molecule has 0 aliphatic heterocycles. The van der Waals surface area contributed by atoms with Gasteiger partial charge < -0.3 is 14.6 Å². The van der Waals surface area contributed by atoms with E-state index in [4.69, 9.17) is 21.1 Å². The fraction of sp³-hybridized carbons (Fsp3) is 0.278. The first-order valence-electron chi connectivity index (χ1n) is 7.11. The monoisotopic (exact) mass is 334 g/mol. The van der Waals surface area contributed by atoms with Gasteiger partial charge in [0.1, 0.15) is 11.5 Å². The molecule has 1 atom stereocenters. The second-order valence-corrected chi connectivity index (χ2v) is 5.88. The van der Waals surface area contributed by atoms with Crippen LogP contribution < -0.4 is 9.47 Å². The van der Waals surface area contributed by atoms with E-state index in [9.17, 15) is 9.90 Å². The van der Waals surface area contributed by atoms with Crippen molar-refractivity contribution in [3.05, 3.63) is 58.6 Å². The zero-order valence-electron chi connectivity index (χ0n) is 13.3. The number of carbonyl (C=O) groups is 1. The average Bonchev–Trinajstić information content (AvgIpc) is 2.54. The van der Waals surface area contributed by atoms with Crippen LogP contribution >= 0.6 is 11.6 Å². The summed E-state index contributed by atoms with van der Waals surface area (Å²) in [5.74, 6) is 0.294. The Morgan fingerprint density at radius 3 is 2.30 bits per heavy atom. The van der Waals surface area contributed by atoms with Crippen molar-refractivity contribution >= 4 is 17.6 Å². The summed E-state index contributed by atoms with van der Waals surface area (Å²) in [6.45, 7) is 1.85. The summed E-state index contributed by atoms with van der Waals surface area (Å²) in [7, 11) is 3.12. The van der Waals surface area contributed by atoms with Gasteiger partial charge in [-0.05, 0) is 24.3 Å². The Bertz CT molecular complexity index is 714. The minimum atomic E-state index is -0.916. The van der Waals surface area contributed by atoms with Gasteiger partial charge in [0.25, 0.3) is 0 Å². The van der Waals surface area contributed by atoms with Gasteiger partial charge in [0.2, 0.25) is 0 Å². The quantitative estimate of drug-likeness (QED) is 0.862. The first-order valence-corrected chi connectivity index (χ1v) is 7.49. The van der Waals surface area contributed by atoms with Crippen LogP contribution in [-0.2, 0) is 10.2 Å². The fourth-order valence-electron chi connectivity index (χ4n) is 2.85. The van der Waals surface area contributed by atoms with E-state index in [2.05, 4.69) is 0 Å². The van der Waals surface area contributed by atoms with Crippen LogP contribution in [0, 0.1) is 0 Å². The Labute approximate surface area is 140 Å². The number of ether oxygens (including phenoxy) is 2. The van der Waals surface area contributed by atoms with Crippen LogP contribution in [0.15, 0.2) is 42.5 Å². The summed E-state index contributed by atoms with van der Waals surface area (Å²) in [4.78, 5) is 11.5. The van der Waals surface area contributed by atoms with Gasteiger partial charge in [-0.2, -0.15) is 0 Å². The largest absolute Gasteiger partial charge is 0.496 e. The molecule has 0 heterocycles. The van der Waals surface area contributed by atoms with Gasteiger partial charge >= 0.3 is 5.97 Å². The van der Waals surface area contributed by atoms with Gasteiger partial charge in [-0.25, -0.2) is 0 Å². The fourth-order valence-corrected chi connectivity index (χ4v) is 3.02. The molecule has 0 saturated heterocycles. The summed E-state index contributed by atoms with van der Waals surface area (Å²) in [6.07, 6.45) is -0.121. The molecule has 0 aliphatic carbocycles. The maximum absolute atomic E-state index is 11.5. The molecule has 2 aromatic carbocycles. The zero-order valence-corrected chi connectivity index (χ0v) is 14.1. The van der Waals surface area contributed by atoms with E-state index in [0.29, 0.717) is 22.1 Å². The molecule has 0 amide bonds. The van der Waals surface area contributed by atoms with Gasteiger partial charge in [0, 0.05) is 21.6 Å². The Morgan fingerprint density at radius 1 is 1.09 bits per heavy atom. The van der Waals surface area contributed by atoms with Gasteiger partial charge in [0.05, 0.1) is 20.6 Å². The van der Waals surface area contributed by atoms with Gasteiger partial charge in [-0.3, -0.25) is 4.79 Å². The van der Waals surface area contributed by atoms with Crippen molar-refractivity contribution in [2.75, 3.05) is 14.2 Å². The predicted octanol–water partition coefficient (Wildman–Crippen LogP) is 4.14. The first kappa shape index (κ1) is 17.2. The number of carboxylic acids is 1. The lowest BCUT2D eigenvalue weighted by Gasteiger charge is -2.32. The minimum Gasteiger partial charge on any atom is -0.496 e. The molecule has 2 rings (SSSR count). The van der Waals surface area contributed by atoms with Crippen LogP contribution in [0.1, 0.15) is 24.5 Å². The molecule has 4 nitrogen and oxygen atoms in total. The summed E-state index contributed by atoms with van der Waals surface area (Å²) in [6, 6.07) is 12.6. The molecule has 2 aromatic rings. The summed E-state index contributed by atoms with van der Waals surface area (Å²) < 4.78 is 10.9. The van der Waals surface area contributed by atoms with E-state index in [0.717, 1.165) is 5.56 Å². The molecule has 0 aliphatic rings. The Kier molecular flexibility index (Phi) is 5.16. The molecule has 0 fully saturated rings. The highest BCUT2D eigenvalue weighted by Gasteiger charge is 2.36. The Hall–Kier alpha value is -2.20. The third-order valence-corrected chi connectivity index (χ3v) is 4.20. The van der Waals surface area contributed by atoms with E-state index >= 15 is 0 Å². The highest BCUT2D eigenvalue weighted by molar-refractivity contribution is 6.30. The molecule has 23 heavy (non-hydrogen) atoms. The van der Waals surface area contributed by atoms with Crippen LogP contribution in [0.25, 0.3) is 0 Å². The molecule has 1 unspecified atom stereocenters. The average molecular weight is 335 g/mol. The molecule has 122 valence electrons. The standard InChI is InChI=1S/C18H19ClO4/c1-18(11-17(20)21,13-6-4-5-7-15(13)22-2)14-10-12(19)8-9-16(14)23-3/h4-10H,11H2,1-3H3,(H,20,21). The van der Waals surface area contributed by atoms with E-state index < -0.39 is 11.4 Å². The van der Waals surface area contributed by atoms with Crippen molar-refractivity contribution in [3.8, 4) is 11.5 Å². The van der Waals surface area contributed by atoms with Crippen molar-refractivity contribution in [2.45, 2.75) is 18.8 Å². The van der Waals surface area contributed by atoms with Gasteiger partial charge in [-0.15, -0.1) is 0 Å². The lowest BCUT2D eigenvalue weighted by Crippen LogP contribution is -2.28. The molecule has 0 spiro atoms. The van der Waals surface area contributed by atoms with Crippen molar-refractivity contribution < 1.29 is 19.4 Å². The third kappa shape index (κ3) is 3.42. The van der Waals surface area contributed by atoms with Crippen LogP contribution in [-0.4, -0.2) is 25.3 Å². The highest BCUT2D eigenvalue weighted by Crippen LogP contribution is 2.44. The number of methoxy groups -OCH3 is 2. The molecule has 0 bridgehead atoms. The van der Waals surface area contributed by atoms with Crippen LogP contribution in [0.3, 0.4) is 0 Å². The molecule has 0 aromatic heterocycles. The Balaban J connectivity index is 2.74. The van der Waals surface area contributed by atoms with Crippen molar-refractivity contribution in [1.82, 2.24) is 0 Å². The van der Waals surface area contributed by atoms with Crippen LogP contribution in [0.4, 0.5) is 0 Å². The number of carboxylic acid groups (broad SMARTS) is 1. The van der Waals surface area contributed by atoms with E-state index in [1.165, 1.54) is 0 Å². The number of halogens is 1. The molecular formula is C18H19ClO4. The van der Waals surface area contributed by atoms with Crippen molar-refractivity contribution in [2.24, 2.45) is 0 Å². The van der Waals surface area contributed by atoms with Gasteiger partial charge in [0.15, 0.2) is 0 Å².